The van der Waals surface area contributed by atoms with Crippen LogP contribution in [0.3, 0.4) is 0 Å². The van der Waals surface area contributed by atoms with Crippen molar-refractivity contribution in [3.05, 3.63) is 47.3 Å². The highest BCUT2D eigenvalue weighted by Crippen LogP contribution is 2.22. The molecule has 1 aliphatic rings. The van der Waals surface area contributed by atoms with E-state index < -0.39 is 5.82 Å². The summed E-state index contributed by atoms with van der Waals surface area (Å²) in [6, 6.07) is 3.60. The minimum Gasteiger partial charge on any atom is -0.366 e. The number of rotatable bonds is 6. The number of aromatic nitrogens is 2. The van der Waals surface area contributed by atoms with E-state index in [1.807, 2.05) is 24.9 Å². The van der Waals surface area contributed by atoms with Crippen LogP contribution in [0.5, 0.6) is 0 Å². The van der Waals surface area contributed by atoms with Crippen molar-refractivity contribution < 1.29 is 8.78 Å². The fraction of sp³-hybridized carbons (Fsp3) is 0.500. The highest BCUT2D eigenvalue weighted by atomic mass is 127. The van der Waals surface area contributed by atoms with Crippen LogP contribution >= 0.6 is 24.0 Å². The number of H-pyrrole nitrogens is 1. The molecule has 0 spiro atoms. The molecule has 0 saturated carbocycles. The summed E-state index contributed by atoms with van der Waals surface area (Å²) in [4.78, 5) is 8.81. The summed E-state index contributed by atoms with van der Waals surface area (Å²) in [7, 11) is 0. The van der Waals surface area contributed by atoms with Gasteiger partial charge < -0.3 is 15.1 Å². The third kappa shape index (κ3) is 6.28. The monoisotopic (exact) mass is 518 g/mol. The second-order valence-electron chi connectivity index (χ2n) is 6.93. The lowest BCUT2D eigenvalue weighted by atomic mass is 10.1. The largest absolute Gasteiger partial charge is 0.366 e. The fourth-order valence-electron chi connectivity index (χ4n) is 3.40. The molecule has 1 aliphatic heterocycles. The Labute approximate surface area is 187 Å². The molecule has 1 saturated heterocycles. The second-order valence-corrected chi connectivity index (χ2v) is 6.93. The Hall–Kier alpha value is -1.91. The summed E-state index contributed by atoms with van der Waals surface area (Å²) in [5, 5.41) is 10.3. The van der Waals surface area contributed by atoms with Gasteiger partial charge >= 0.3 is 0 Å². The van der Waals surface area contributed by atoms with Crippen molar-refractivity contribution in [2.24, 2.45) is 4.99 Å². The van der Waals surface area contributed by atoms with Gasteiger partial charge in [0.25, 0.3) is 0 Å². The first-order valence-electron chi connectivity index (χ1n) is 9.80. The van der Waals surface area contributed by atoms with E-state index in [-0.39, 0.29) is 29.8 Å². The molecule has 0 bridgehead atoms. The Morgan fingerprint density at radius 1 is 1.24 bits per heavy atom. The van der Waals surface area contributed by atoms with Gasteiger partial charge in [-0.2, -0.15) is 5.10 Å². The van der Waals surface area contributed by atoms with Crippen LogP contribution in [0.15, 0.2) is 29.4 Å². The maximum Gasteiger partial charge on any atom is 0.194 e. The molecule has 0 unspecified atom stereocenters. The van der Waals surface area contributed by atoms with Gasteiger partial charge in [0, 0.05) is 51.0 Å². The molecular weight excluding hydrogens is 489 g/mol. The van der Waals surface area contributed by atoms with Gasteiger partial charge in [-0.05, 0) is 44.4 Å². The first kappa shape index (κ1) is 23.4. The van der Waals surface area contributed by atoms with Gasteiger partial charge in [0.15, 0.2) is 5.96 Å². The van der Waals surface area contributed by atoms with Gasteiger partial charge in [0.05, 0.1) is 11.9 Å². The Kier molecular flexibility index (Phi) is 9.12. The van der Waals surface area contributed by atoms with Crippen molar-refractivity contribution in [1.29, 1.82) is 0 Å². The number of guanidine groups is 1. The number of nitrogens with one attached hydrogen (secondary N) is 2. The van der Waals surface area contributed by atoms with Crippen LogP contribution < -0.4 is 10.2 Å². The van der Waals surface area contributed by atoms with E-state index in [0.717, 1.165) is 43.7 Å². The van der Waals surface area contributed by atoms with Gasteiger partial charge in [-0.15, -0.1) is 24.0 Å². The molecular formula is C20H29F2IN6. The number of nitrogens with zero attached hydrogens (tertiary/aromatic N) is 4. The molecule has 160 valence electrons. The minimum atomic E-state index is -0.415. The first-order valence-corrected chi connectivity index (χ1v) is 9.80. The van der Waals surface area contributed by atoms with Crippen LogP contribution in [0.25, 0.3) is 0 Å². The predicted molar refractivity (Wildman–Crippen MR) is 123 cm³/mol. The molecule has 6 nitrogen and oxygen atoms in total. The highest BCUT2D eigenvalue weighted by Gasteiger charge is 2.22. The van der Waals surface area contributed by atoms with E-state index in [1.54, 1.807) is 0 Å². The normalized spacial score (nSPS) is 14.7. The van der Waals surface area contributed by atoms with E-state index in [0.29, 0.717) is 31.9 Å². The van der Waals surface area contributed by atoms with Crippen molar-refractivity contribution in [3.8, 4) is 0 Å². The number of benzene rings is 1. The van der Waals surface area contributed by atoms with Gasteiger partial charge in [-0.1, -0.05) is 0 Å². The molecule has 9 heteroatoms. The Morgan fingerprint density at radius 2 is 2.00 bits per heavy atom. The summed E-state index contributed by atoms with van der Waals surface area (Å²) in [5.41, 5.74) is 2.67. The number of aryl methyl sites for hydroxylation is 2. The van der Waals surface area contributed by atoms with Crippen molar-refractivity contribution in [1.82, 2.24) is 20.4 Å². The van der Waals surface area contributed by atoms with E-state index in [2.05, 4.69) is 20.4 Å². The van der Waals surface area contributed by atoms with E-state index >= 15 is 0 Å². The van der Waals surface area contributed by atoms with E-state index in [4.69, 9.17) is 4.99 Å². The topological polar surface area (TPSA) is 59.6 Å². The van der Waals surface area contributed by atoms with Crippen molar-refractivity contribution in [2.75, 3.05) is 44.2 Å². The maximum atomic E-state index is 14.0. The first-order chi connectivity index (χ1) is 13.6. The Balaban J connectivity index is 0.00000300. The molecule has 2 heterocycles. The molecule has 1 aromatic carbocycles. The zero-order valence-electron chi connectivity index (χ0n) is 16.9. The number of aliphatic imine (C=N–C) groups is 1. The van der Waals surface area contributed by atoms with Gasteiger partial charge in [0.2, 0.25) is 0 Å². The van der Waals surface area contributed by atoms with Crippen LogP contribution in [-0.4, -0.2) is 60.3 Å². The van der Waals surface area contributed by atoms with Crippen LogP contribution in [0.4, 0.5) is 14.5 Å². The van der Waals surface area contributed by atoms with Crippen LogP contribution in [0.1, 0.15) is 24.6 Å². The molecule has 0 amide bonds. The molecule has 0 atom stereocenters. The average Bonchev–Trinajstić information content (AvgIpc) is 3.11. The third-order valence-corrected chi connectivity index (χ3v) is 4.96. The Bertz CT molecular complexity index is 802. The third-order valence-electron chi connectivity index (χ3n) is 4.96. The molecule has 1 aromatic heterocycles. The molecule has 2 aromatic rings. The minimum absolute atomic E-state index is 0. The summed E-state index contributed by atoms with van der Waals surface area (Å²) >= 11 is 0. The van der Waals surface area contributed by atoms with Gasteiger partial charge in [-0.3, -0.25) is 10.1 Å². The quantitative estimate of drug-likeness (QED) is 0.267. The average molecular weight is 518 g/mol. The molecule has 29 heavy (non-hydrogen) atoms. The summed E-state index contributed by atoms with van der Waals surface area (Å²) in [6.45, 7) is 8.26. The number of hydrogen-bond acceptors (Lipinski definition) is 3. The summed E-state index contributed by atoms with van der Waals surface area (Å²) < 4.78 is 27.5. The smallest absolute Gasteiger partial charge is 0.194 e. The van der Waals surface area contributed by atoms with Crippen LogP contribution in [-0.2, 0) is 6.42 Å². The molecule has 0 radical (unpaired) electrons. The highest BCUT2D eigenvalue weighted by molar-refractivity contribution is 14.0. The number of anilines is 1. The lowest BCUT2D eigenvalue weighted by molar-refractivity contribution is 0.370. The van der Waals surface area contributed by atoms with Crippen LogP contribution in [0.2, 0.25) is 0 Å². The molecule has 2 N–H and O–H groups in total. The predicted octanol–water partition coefficient (Wildman–Crippen LogP) is 3.33. The van der Waals surface area contributed by atoms with Crippen molar-refractivity contribution in [3.63, 3.8) is 0 Å². The standard InChI is InChI=1S/C20H28F2N6.HI/c1-3-23-20(24-8-4-5-16-14-25-26-15(16)2)28-11-9-27(10-12-28)19-13-17(21)6-7-18(19)22;/h6-7,13-14H,3-5,8-12H2,1-2H3,(H,23,24)(H,25,26);1H. The number of piperazine rings is 1. The summed E-state index contributed by atoms with van der Waals surface area (Å²) in [6.07, 6.45) is 3.76. The molecule has 3 rings (SSSR count). The SMILES string of the molecule is CCNC(=NCCCc1cn[nH]c1C)N1CCN(c2cc(F)ccc2F)CC1.I. The fourth-order valence-corrected chi connectivity index (χ4v) is 3.40. The van der Waals surface area contributed by atoms with Gasteiger partial charge in [-0.25, -0.2) is 8.78 Å². The lowest BCUT2D eigenvalue weighted by Crippen LogP contribution is -2.52. The van der Waals surface area contributed by atoms with Crippen LogP contribution in [0, 0.1) is 18.6 Å². The van der Waals surface area contributed by atoms with Crippen molar-refractivity contribution in [2.45, 2.75) is 26.7 Å². The number of hydrogen-bond donors (Lipinski definition) is 2. The lowest BCUT2D eigenvalue weighted by Gasteiger charge is -2.37. The number of halogens is 3. The molecule has 0 aliphatic carbocycles. The van der Waals surface area contributed by atoms with E-state index in [9.17, 15) is 8.78 Å². The Morgan fingerprint density at radius 3 is 2.66 bits per heavy atom. The molecule has 1 fully saturated rings. The number of aromatic amines is 1. The summed E-state index contributed by atoms with van der Waals surface area (Å²) in [5.74, 6) is 0.0809. The van der Waals surface area contributed by atoms with Crippen molar-refractivity contribution >= 4 is 35.6 Å². The zero-order chi connectivity index (χ0) is 19.9. The van der Waals surface area contributed by atoms with Gasteiger partial charge in [0.1, 0.15) is 11.6 Å². The van der Waals surface area contributed by atoms with E-state index in [1.165, 1.54) is 17.7 Å². The second kappa shape index (κ2) is 11.3. The maximum absolute atomic E-state index is 14.0. The zero-order valence-corrected chi connectivity index (χ0v) is 19.2.